The summed E-state index contributed by atoms with van der Waals surface area (Å²) in [6.07, 6.45) is 7.28. The van der Waals surface area contributed by atoms with Gasteiger partial charge in [0.1, 0.15) is 0 Å². The summed E-state index contributed by atoms with van der Waals surface area (Å²) < 4.78 is 0. The van der Waals surface area contributed by atoms with Crippen LogP contribution < -0.4 is 17.0 Å². The Morgan fingerprint density at radius 2 is 1.95 bits per heavy atom. The molecule has 1 heterocycles. The molecule has 2 aliphatic rings. The summed E-state index contributed by atoms with van der Waals surface area (Å²) in [6, 6.07) is 11.5. The molecular weight excluding hydrogens is 310 g/mol. The van der Waals surface area contributed by atoms with Crippen LogP contribution in [0.3, 0.4) is 0 Å². The molecule has 0 N–H and O–H groups in total. The van der Waals surface area contributed by atoms with Gasteiger partial charge in [-0.1, -0.05) is 42.5 Å². The first kappa shape index (κ1) is 17.2. The molecule has 0 radical (unpaired) electrons. The topological polar surface area (TPSA) is 3.24 Å². The van der Waals surface area contributed by atoms with Gasteiger partial charge >= 0.3 is 23.1 Å². The van der Waals surface area contributed by atoms with Crippen molar-refractivity contribution in [3.05, 3.63) is 55.0 Å². The van der Waals surface area contributed by atoms with E-state index in [1.807, 2.05) is 0 Å². The molecule has 19 heavy (non-hydrogen) atoms. The van der Waals surface area contributed by atoms with Crippen molar-refractivity contribution in [2.75, 3.05) is 6.54 Å². The third-order valence-electron chi connectivity index (χ3n) is 4.14. The summed E-state index contributed by atoms with van der Waals surface area (Å²) >= 11 is 0. The van der Waals surface area contributed by atoms with Gasteiger partial charge in [-0.25, -0.2) is 0 Å². The summed E-state index contributed by atoms with van der Waals surface area (Å²) in [7, 11) is 0. The number of hydrogen-bond donors (Lipinski definition) is 0. The third kappa shape index (κ3) is 3.84. The molecule has 0 saturated carbocycles. The zero-order valence-electron chi connectivity index (χ0n) is 11.3. The Kier molecular flexibility index (Phi) is 7.09. The zero-order chi connectivity index (χ0) is 11.7. The minimum Gasteiger partial charge on any atom is -1.00 e. The van der Waals surface area contributed by atoms with Crippen molar-refractivity contribution in [1.29, 1.82) is 0 Å². The van der Waals surface area contributed by atoms with Gasteiger partial charge in [0.15, 0.2) is 0 Å². The number of nitrogens with zero attached hydrogens (tertiary/aromatic N) is 1. The van der Waals surface area contributed by atoms with Crippen molar-refractivity contribution >= 4 is 23.1 Å². The molecule has 0 amide bonds. The molecule has 1 aliphatic carbocycles. The number of likely N-dealkylation sites (tertiary alicyclic amines) is 1. The molecule has 0 aromatic heterocycles. The molecule has 3 heteroatoms. The van der Waals surface area contributed by atoms with Crippen LogP contribution in [0.15, 0.2) is 42.5 Å². The van der Waals surface area contributed by atoms with E-state index in [0.29, 0.717) is 11.8 Å². The Balaban J connectivity index is 0.000000902. The predicted molar refractivity (Wildman–Crippen MR) is 77.1 cm³/mol. The molecule has 0 unspecified atom stereocenters. The van der Waals surface area contributed by atoms with Crippen LogP contribution in [0.25, 0.3) is 0 Å². The first-order valence-corrected chi connectivity index (χ1v) is 6.62. The summed E-state index contributed by atoms with van der Waals surface area (Å²) in [6.45, 7) is 6.55. The summed E-state index contributed by atoms with van der Waals surface area (Å²) in [4.78, 5) is 2.63. The van der Waals surface area contributed by atoms with E-state index >= 15 is 0 Å². The molecule has 1 fully saturated rings. The van der Waals surface area contributed by atoms with E-state index in [-0.39, 0.29) is 40.0 Å². The number of rotatable bonds is 2. The Labute approximate surface area is 143 Å². The fourth-order valence-corrected chi connectivity index (χ4v) is 3.30. The van der Waals surface area contributed by atoms with E-state index in [2.05, 4.69) is 54.3 Å². The second-order valence-corrected chi connectivity index (χ2v) is 5.33. The summed E-state index contributed by atoms with van der Waals surface area (Å²) in [5.74, 6) is 1.26. The van der Waals surface area contributed by atoms with Crippen LogP contribution in [0.4, 0.5) is 0 Å². The smallest absolute Gasteiger partial charge is 1.00 e. The minimum absolute atomic E-state index is 0. The van der Waals surface area contributed by atoms with Gasteiger partial charge in [0.2, 0.25) is 0 Å². The Bertz CT molecular complexity index is 406. The van der Waals surface area contributed by atoms with E-state index in [0.717, 1.165) is 19.1 Å². The second-order valence-electron chi connectivity index (χ2n) is 5.33. The number of halogens is 1. The fourth-order valence-electron chi connectivity index (χ4n) is 3.30. The Morgan fingerprint density at radius 3 is 2.68 bits per heavy atom. The van der Waals surface area contributed by atoms with Gasteiger partial charge in [0, 0.05) is 12.6 Å². The van der Waals surface area contributed by atoms with Gasteiger partial charge in [0.25, 0.3) is 0 Å². The number of fused-ring (bicyclic) bond motifs is 1. The van der Waals surface area contributed by atoms with Crippen LogP contribution in [0.5, 0.6) is 0 Å². The molecule has 1 saturated heterocycles. The maximum Gasteiger partial charge on any atom is 2.00 e. The Morgan fingerprint density at radius 1 is 1.21 bits per heavy atom. The number of benzene rings is 1. The van der Waals surface area contributed by atoms with E-state index < -0.39 is 0 Å². The van der Waals surface area contributed by atoms with Crippen molar-refractivity contribution < 1.29 is 17.0 Å². The first-order chi connectivity index (χ1) is 8.34. The van der Waals surface area contributed by atoms with E-state index in [1.54, 1.807) is 0 Å². The van der Waals surface area contributed by atoms with E-state index in [9.17, 15) is 0 Å². The third-order valence-corrected chi connectivity index (χ3v) is 4.14. The molecule has 0 spiro atoms. The zero-order valence-corrected chi connectivity index (χ0v) is 14.3. The van der Waals surface area contributed by atoms with Crippen molar-refractivity contribution in [2.45, 2.75) is 25.4 Å². The van der Waals surface area contributed by atoms with E-state index in [1.165, 1.54) is 18.4 Å². The molecule has 1 aromatic rings. The van der Waals surface area contributed by atoms with E-state index in [4.69, 9.17) is 0 Å². The molecule has 1 aromatic carbocycles. The maximum atomic E-state index is 4.32. The van der Waals surface area contributed by atoms with Gasteiger partial charge in [0.05, 0.1) is 0 Å². The molecule has 1 aliphatic heterocycles. The van der Waals surface area contributed by atoms with Gasteiger partial charge < -0.3 is 23.9 Å². The molecule has 3 atom stereocenters. The van der Waals surface area contributed by atoms with Crippen LogP contribution in [-0.2, 0) is 6.54 Å². The number of hydrogen-bond acceptors (Lipinski definition) is 1. The molecule has 98 valence electrons. The predicted octanol–water partition coefficient (Wildman–Crippen LogP) is -0.0895. The SMILES string of the molecule is [Br-].[CH2-][C@@H]1CN(Cc2ccccc2)[C@@H]2CCC=C[C@H]12.[Mg+2]. The summed E-state index contributed by atoms with van der Waals surface area (Å²) in [5, 5.41) is 0. The second kappa shape index (κ2) is 7.82. The molecule has 0 bridgehead atoms. The largest absolute Gasteiger partial charge is 2.00 e. The average Bonchev–Trinajstić information content (AvgIpc) is 2.69. The van der Waals surface area contributed by atoms with Gasteiger partial charge in [-0.05, 0) is 30.9 Å². The van der Waals surface area contributed by atoms with Gasteiger partial charge in [-0.3, -0.25) is 4.90 Å². The quantitative estimate of drug-likeness (QED) is 0.416. The van der Waals surface area contributed by atoms with Gasteiger partial charge in [-0.15, -0.1) is 5.92 Å². The van der Waals surface area contributed by atoms with Gasteiger partial charge in [-0.2, -0.15) is 0 Å². The molecular formula is C16H20BrMgN. The fraction of sp³-hybridized carbons (Fsp3) is 0.438. The van der Waals surface area contributed by atoms with Crippen molar-refractivity contribution in [3.63, 3.8) is 0 Å². The first-order valence-electron chi connectivity index (χ1n) is 6.62. The van der Waals surface area contributed by atoms with Crippen molar-refractivity contribution in [1.82, 2.24) is 4.90 Å². The van der Waals surface area contributed by atoms with Crippen LogP contribution in [0.2, 0.25) is 0 Å². The maximum absolute atomic E-state index is 4.32. The van der Waals surface area contributed by atoms with Crippen LogP contribution in [-0.4, -0.2) is 40.5 Å². The normalized spacial score (nSPS) is 29.2. The monoisotopic (exact) mass is 329 g/mol. The Hall–Kier alpha value is 0.166. The number of allylic oxidation sites excluding steroid dienone is 1. The summed E-state index contributed by atoms with van der Waals surface area (Å²) in [5.41, 5.74) is 1.43. The van der Waals surface area contributed by atoms with Crippen molar-refractivity contribution in [3.8, 4) is 0 Å². The van der Waals surface area contributed by atoms with Crippen LogP contribution >= 0.6 is 0 Å². The minimum atomic E-state index is 0. The standard InChI is InChI=1S/C16H20N.BrH.Mg/c1-13-11-17(12-14-7-3-2-4-8-14)16-10-6-5-9-15(13)16;;/h2-5,7-9,13,15-16H,1,6,10-12H2;1H;/q-1;;+2/p-1/t13-,15-,16-;;/m1../s1. The van der Waals surface area contributed by atoms with Crippen LogP contribution in [0.1, 0.15) is 18.4 Å². The van der Waals surface area contributed by atoms with Crippen molar-refractivity contribution in [2.24, 2.45) is 11.8 Å². The van der Waals surface area contributed by atoms with Crippen LogP contribution in [0, 0.1) is 18.8 Å². The molecule has 1 nitrogen and oxygen atoms in total. The average molecular weight is 331 g/mol. The molecule has 3 rings (SSSR count).